The molecular formula is C19H23ClN2O3. The first-order chi connectivity index (χ1) is 11.6. The Labute approximate surface area is 153 Å². The van der Waals surface area contributed by atoms with Crippen LogP contribution in [0.1, 0.15) is 47.3 Å². The fourth-order valence-corrected chi connectivity index (χ4v) is 3.71. The largest absolute Gasteiger partial charge is 0.454 e. The van der Waals surface area contributed by atoms with Crippen molar-refractivity contribution in [1.82, 2.24) is 9.88 Å². The van der Waals surface area contributed by atoms with E-state index < -0.39 is 0 Å². The van der Waals surface area contributed by atoms with Crippen LogP contribution in [0.4, 0.5) is 0 Å². The molecule has 6 heteroatoms. The van der Waals surface area contributed by atoms with Crippen LogP contribution in [0.5, 0.6) is 11.5 Å². The number of aromatic nitrogens is 1. The highest BCUT2D eigenvalue weighted by Gasteiger charge is 2.24. The fourth-order valence-electron chi connectivity index (χ4n) is 3.71. The molecule has 25 heavy (non-hydrogen) atoms. The lowest BCUT2D eigenvalue weighted by atomic mass is 10.00. The Balaban J connectivity index is 0.00000182. The molecule has 0 spiro atoms. The van der Waals surface area contributed by atoms with Crippen LogP contribution in [0.25, 0.3) is 10.9 Å². The van der Waals surface area contributed by atoms with Crippen LogP contribution in [0, 0.1) is 13.8 Å². The monoisotopic (exact) mass is 362 g/mol. The van der Waals surface area contributed by atoms with Gasteiger partial charge in [0.2, 0.25) is 6.79 Å². The van der Waals surface area contributed by atoms with Gasteiger partial charge in [-0.1, -0.05) is 12.8 Å². The Bertz CT molecular complexity index is 814. The molecule has 3 heterocycles. The molecule has 1 aromatic carbocycles. The summed E-state index contributed by atoms with van der Waals surface area (Å²) in [5.41, 5.74) is 3.35. The first-order valence-corrected chi connectivity index (χ1v) is 8.65. The van der Waals surface area contributed by atoms with Crippen molar-refractivity contribution < 1.29 is 14.3 Å². The highest BCUT2D eigenvalue weighted by molar-refractivity contribution is 6.01. The number of hydrogen-bond acceptors (Lipinski definition) is 4. The molecule has 2 aromatic rings. The molecule has 2 aliphatic rings. The van der Waals surface area contributed by atoms with Crippen molar-refractivity contribution in [3.63, 3.8) is 0 Å². The van der Waals surface area contributed by atoms with E-state index in [0.717, 1.165) is 65.2 Å². The zero-order valence-electron chi connectivity index (χ0n) is 14.6. The maximum absolute atomic E-state index is 13.1. The maximum atomic E-state index is 13.1. The average molecular weight is 363 g/mol. The molecule has 0 unspecified atom stereocenters. The van der Waals surface area contributed by atoms with Crippen molar-refractivity contribution in [1.29, 1.82) is 0 Å². The summed E-state index contributed by atoms with van der Waals surface area (Å²) < 4.78 is 10.9. The Morgan fingerprint density at radius 1 is 1.04 bits per heavy atom. The van der Waals surface area contributed by atoms with Crippen LogP contribution in [0.15, 0.2) is 12.1 Å². The number of rotatable bonds is 1. The smallest absolute Gasteiger partial charge is 0.255 e. The molecule has 2 aliphatic heterocycles. The summed E-state index contributed by atoms with van der Waals surface area (Å²) in [5, 5.41) is 0.961. The van der Waals surface area contributed by atoms with E-state index >= 15 is 0 Å². The van der Waals surface area contributed by atoms with Gasteiger partial charge in [-0.25, -0.2) is 0 Å². The van der Waals surface area contributed by atoms with Crippen molar-refractivity contribution in [2.75, 3.05) is 19.9 Å². The van der Waals surface area contributed by atoms with Crippen molar-refractivity contribution in [3.05, 3.63) is 29.0 Å². The zero-order chi connectivity index (χ0) is 16.7. The predicted molar refractivity (Wildman–Crippen MR) is 99.0 cm³/mol. The Morgan fingerprint density at radius 3 is 2.36 bits per heavy atom. The van der Waals surface area contributed by atoms with Gasteiger partial charge in [0, 0.05) is 24.5 Å². The second-order valence-corrected chi connectivity index (χ2v) is 6.63. The van der Waals surface area contributed by atoms with E-state index in [-0.39, 0.29) is 25.1 Å². The van der Waals surface area contributed by atoms with Gasteiger partial charge in [-0.05, 0) is 38.3 Å². The number of fused-ring (bicyclic) bond motifs is 2. The first-order valence-electron chi connectivity index (χ1n) is 8.65. The van der Waals surface area contributed by atoms with E-state index in [4.69, 9.17) is 9.47 Å². The molecule has 1 amide bonds. The van der Waals surface area contributed by atoms with Crippen LogP contribution >= 0.6 is 12.4 Å². The van der Waals surface area contributed by atoms with E-state index in [9.17, 15) is 4.79 Å². The predicted octanol–water partition coefficient (Wildman–Crippen LogP) is 4.02. The topological polar surface area (TPSA) is 51.7 Å². The molecule has 0 atom stereocenters. The second-order valence-electron chi connectivity index (χ2n) is 6.63. The molecule has 0 bridgehead atoms. The molecule has 0 saturated carbocycles. The maximum Gasteiger partial charge on any atom is 0.255 e. The van der Waals surface area contributed by atoms with E-state index in [0.29, 0.717) is 0 Å². The number of nitrogens with zero attached hydrogens (tertiary/aromatic N) is 2. The van der Waals surface area contributed by atoms with Crippen molar-refractivity contribution in [2.45, 2.75) is 39.5 Å². The van der Waals surface area contributed by atoms with Gasteiger partial charge in [0.25, 0.3) is 5.91 Å². The number of carbonyl (C=O) groups excluding carboxylic acids is 1. The minimum Gasteiger partial charge on any atom is -0.454 e. The van der Waals surface area contributed by atoms with E-state index in [1.165, 1.54) is 12.8 Å². The van der Waals surface area contributed by atoms with Crippen LogP contribution in [0.3, 0.4) is 0 Å². The van der Waals surface area contributed by atoms with Crippen LogP contribution in [-0.4, -0.2) is 35.7 Å². The van der Waals surface area contributed by atoms with E-state index in [2.05, 4.69) is 4.98 Å². The number of halogens is 1. The lowest BCUT2D eigenvalue weighted by Crippen LogP contribution is -2.33. The quantitative estimate of drug-likeness (QED) is 0.768. The van der Waals surface area contributed by atoms with Gasteiger partial charge in [0.1, 0.15) is 0 Å². The van der Waals surface area contributed by atoms with Gasteiger partial charge < -0.3 is 14.4 Å². The summed E-state index contributed by atoms with van der Waals surface area (Å²) in [6, 6.07) is 3.84. The number of likely N-dealkylation sites (tertiary alicyclic amines) is 1. The van der Waals surface area contributed by atoms with Crippen LogP contribution in [-0.2, 0) is 0 Å². The van der Waals surface area contributed by atoms with Gasteiger partial charge in [-0.2, -0.15) is 0 Å². The number of aryl methyl sites for hydroxylation is 2. The lowest BCUT2D eigenvalue weighted by molar-refractivity contribution is 0.0760. The lowest BCUT2D eigenvalue weighted by Gasteiger charge is -2.22. The zero-order valence-corrected chi connectivity index (χ0v) is 15.4. The van der Waals surface area contributed by atoms with E-state index in [1.54, 1.807) is 0 Å². The molecule has 0 aliphatic carbocycles. The standard InChI is InChI=1S/C19H22N2O3.ClH/c1-12-14-9-16-17(24-11-23-16)10-15(14)20-13(2)18(12)19(22)21-7-5-3-4-6-8-21;/h9-10H,3-8,11H2,1-2H3;1H. The number of pyridine rings is 1. The SMILES string of the molecule is Cc1nc2cc3c(cc2c(C)c1C(=O)N1CCCCCC1)OCO3.Cl. The minimum absolute atomic E-state index is 0. The summed E-state index contributed by atoms with van der Waals surface area (Å²) in [4.78, 5) is 19.8. The van der Waals surface area contributed by atoms with Gasteiger partial charge in [0.15, 0.2) is 11.5 Å². The Hall–Kier alpha value is -2.01. The molecule has 0 N–H and O–H groups in total. The molecule has 1 aromatic heterocycles. The van der Waals surface area contributed by atoms with Gasteiger partial charge in [0.05, 0.1) is 16.8 Å². The summed E-state index contributed by atoms with van der Waals surface area (Å²) in [6.45, 7) is 5.85. The molecule has 134 valence electrons. The number of amides is 1. The summed E-state index contributed by atoms with van der Waals surface area (Å²) in [7, 11) is 0. The van der Waals surface area contributed by atoms with E-state index in [1.807, 2.05) is 30.9 Å². The molecule has 5 nitrogen and oxygen atoms in total. The number of ether oxygens (including phenoxy) is 2. The normalized spacial score (nSPS) is 16.5. The highest BCUT2D eigenvalue weighted by atomic mass is 35.5. The van der Waals surface area contributed by atoms with Gasteiger partial charge in [-0.15, -0.1) is 12.4 Å². The molecular weight excluding hydrogens is 340 g/mol. The van der Waals surface area contributed by atoms with Gasteiger partial charge >= 0.3 is 0 Å². The van der Waals surface area contributed by atoms with Crippen LogP contribution < -0.4 is 9.47 Å². The van der Waals surface area contributed by atoms with Crippen molar-refractivity contribution in [3.8, 4) is 11.5 Å². The number of hydrogen-bond donors (Lipinski definition) is 0. The van der Waals surface area contributed by atoms with Crippen molar-refractivity contribution in [2.24, 2.45) is 0 Å². The molecule has 0 radical (unpaired) electrons. The molecule has 4 rings (SSSR count). The highest BCUT2D eigenvalue weighted by Crippen LogP contribution is 2.37. The Kier molecular flexibility index (Phi) is 5.04. The second kappa shape index (κ2) is 7.08. The minimum atomic E-state index is 0. The summed E-state index contributed by atoms with van der Waals surface area (Å²) >= 11 is 0. The third kappa shape index (κ3) is 3.13. The number of benzene rings is 1. The molecule has 1 fully saturated rings. The summed E-state index contributed by atoms with van der Waals surface area (Å²) in [5.74, 6) is 1.56. The third-order valence-corrected chi connectivity index (χ3v) is 5.03. The average Bonchev–Trinajstić information content (AvgIpc) is 2.84. The number of carbonyl (C=O) groups is 1. The van der Waals surface area contributed by atoms with Crippen molar-refractivity contribution >= 4 is 29.2 Å². The molecule has 1 saturated heterocycles. The van der Waals surface area contributed by atoms with Gasteiger partial charge in [-0.3, -0.25) is 9.78 Å². The summed E-state index contributed by atoms with van der Waals surface area (Å²) in [6.07, 6.45) is 4.59. The van der Waals surface area contributed by atoms with Crippen LogP contribution in [0.2, 0.25) is 0 Å². The third-order valence-electron chi connectivity index (χ3n) is 5.03. The fraction of sp³-hybridized carbons (Fsp3) is 0.474. The Morgan fingerprint density at radius 2 is 1.68 bits per heavy atom. The first kappa shape index (κ1) is 17.8.